The smallest absolute Gasteiger partial charge is 0.191 e. The molecule has 0 aliphatic heterocycles. The Labute approximate surface area is 211 Å². The lowest BCUT2D eigenvalue weighted by atomic mass is 9.95. The van der Waals surface area contributed by atoms with E-state index in [-0.39, 0.29) is 0 Å². The summed E-state index contributed by atoms with van der Waals surface area (Å²) in [7, 11) is 0. The first-order chi connectivity index (χ1) is 16.7. The van der Waals surface area contributed by atoms with Gasteiger partial charge >= 0.3 is 0 Å². The van der Waals surface area contributed by atoms with Crippen LogP contribution in [-0.4, -0.2) is 29.5 Å². The van der Waals surface area contributed by atoms with Crippen LogP contribution in [0.5, 0.6) is 0 Å². The molecule has 2 saturated carbocycles. The largest absolute Gasteiger partial charge is 0.303 e. The first kappa shape index (κ1) is 23.9. The van der Waals surface area contributed by atoms with Crippen LogP contribution in [0, 0.1) is 13.8 Å². The Morgan fingerprint density at radius 2 is 1.12 bits per heavy atom. The molecule has 0 radical (unpaired) electrons. The van der Waals surface area contributed by atoms with Gasteiger partial charge in [-0.05, 0) is 50.7 Å². The zero-order valence-electron chi connectivity index (χ0n) is 20.4. The Bertz CT molecular complexity index is 997. The van der Waals surface area contributed by atoms with E-state index in [4.69, 9.17) is 0 Å². The van der Waals surface area contributed by atoms with Crippen molar-refractivity contribution in [3.63, 3.8) is 0 Å². The highest BCUT2D eigenvalue weighted by atomic mass is 32.2. The van der Waals surface area contributed by atoms with Crippen molar-refractivity contribution in [1.29, 1.82) is 0 Å². The van der Waals surface area contributed by atoms with E-state index in [1.807, 2.05) is 23.5 Å². The standard InChI is InChI=1S/C26H36N6S2/c1-19-27-29-25(31(19)23-12-5-3-6-13-23)33-17-21-10-9-11-22(16-21)18-34-26-30-28-20(2)32(26)24-14-7-4-8-15-24/h9-11,16,23-24H,3-8,12-15,17-18H2,1-2H3. The lowest BCUT2D eigenvalue weighted by molar-refractivity contribution is 0.332. The van der Waals surface area contributed by atoms with E-state index in [1.54, 1.807) is 0 Å². The van der Waals surface area contributed by atoms with Crippen molar-refractivity contribution in [2.45, 2.75) is 112 Å². The van der Waals surface area contributed by atoms with Crippen LogP contribution < -0.4 is 0 Å². The Morgan fingerprint density at radius 1 is 0.676 bits per heavy atom. The summed E-state index contributed by atoms with van der Waals surface area (Å²) in [5.74, 6) is 3.94. The molecule has 0 amide bonds. The Kier molecular flexibility index (Phi) is 7.94. The second-order valence-electron chi connectivity index (χ2n) is 9.78. The molecule has 182 valence electrons. The van der Waals surface area contributed by atoms with Gasteiger partial charge in [-0.3, -0.25) is 0 Å². The normalized spacial score (nSPS) is 17.9. The van der Waals surface area contributed by atoms with Gasteiger partial charge in [0.05, 0.1) is 0 Å². The molecule has 3 aromatic rings. The minimum atomic E-state index is 0.568. The molecule has 0 bridgehead atoms. The Balaban J connectivity index is 1.22. The third kappa shape index (κ3) is 5.54. The molecular weight excluding hydrogens is 460 g/mol. The number of nitrogens with zero attached hydrogens (tertiary/aromatic N) is 6. The average Bonchev–Trinajstić information content (AvgIpc) is 3.44. The van der Waals surface area contributed by atoms with E-state index in [2.05, 4.69) is 67.6 Å². The molecule has 34 heavy (non-hydrogen) atoms. The number of thioether (sulfide) groups is 2. The van der Waals surface area contributed by atoms with E-state index in [0.29, 0.717) is 12.1 Å². The summed E-state index contributed by atoms with van der Waals surface area (Å²) < 4.78 is 4.79. The Morgan fingerprint density at radius 3 is 1.56 bits per heavy atom. The van der Waals surface area contributed by atoms with Crippen molar-refractivity contribution in [1.82, 2.24) is 29.5 Å². The molecule has 2 aliphatic carbocycles. The molecule has 0 unspecified atom stereocenters. The summed E-state index contributed by atoms with van der Waals surface area (Å²) >= 11 is 3.64. The van der Waals surface area contributed by atoms with Crippen LogP contribution in [0.4, 0.5) is 0 Å². The molecular formula is C26H36N6S2. The maximum atomic E-state index is 4.51. The van der Waals surface area contributed by atoms with Crippen molar-refractivity contribution in [3.05, 3.63) is 47.0 Å². The van der Waals surface area contributed by atoms with Crippen molar-refractivity contribution in [3.8, 4) is 0 Å². The maximum absolute atomic E-state index is 4.51. The first-order valence-electron chi connectivity index (χ1n) is 12.9. The fourth-order valence-electron chi connectivity index (χ4n) is 5.52. The molecule has 0 N–H and O–H groups in total. The zero-order valence-corrected chi connectivity index (χ0v) is 22.1. The maximum Gasteiger partial charge on any atom is 0.191 e. The predicted molar refractivity (Wildman–Crippen MR) is 139 cm³/mol. The van der Waals surface area contributed by atoms with Crippen LogP contribution in [0.2, 0.25) is 0 Å². The van der Waals surface area contributed by atoms with Gasteiger partial charge in [-0.15, -0.1) is 20.4 Å². The van der Waals surface area contributed by atoms with Crippen molar-refractivity contribution < 1.29 is 0 Å². The van der Waals surface area contributed by atoms with E-state index in [0.717, 1.165) is 33.5 Å². The summed E-state index contributed by atoms with van der Waals surface area (Å²) in [5.41, 5.74) is 2.67. The van der Waals surface area contributed by atoms with E-state index >= 15 is 0 Å². The lowest BCUT2D eigenvalue weighted by Crippen LogP contribution is -2.15. The number of rotatable bonds is 8. The molecule has 2 aliphatic rings. The van der Waals surface area contributed by atoms with Gasteiger partial charge < -0.3 is 9.13 Å². The lowest BCUT2D eigenvalue weighted by Gasteiger charge is -2.25. The summed E-state index contributed by atoms with van der Waals surface area (Å²) in [6.45, 7) is 4.19. The molecule has 8 heteroatoms. The highest BCUT2D eigenvalue weighted by molar-refractivity contribution is 7.98. The number of hydrogen-bond acceptors (Lipinski definition) is 6. The second-order valence-corrected chi connectivity index (χ2v) is 11.7. The molecule has 2 heterocycles. The SMILES string of the molecule is Cc1nnc(SCc2cccc(CSc3nnc(C)n3C3CCCCC3)c2)n1C1CCCCC1. The van der Waals surface area contributed by atoms with Gasteiger partial charge in [-0.1, -0.05) is 86.3 Å². The zero-order chi connectivity index (χ0) is 23.3. The monoisotopic (exact) mass is 496 g/mol. The molecule has 0 saturated heterocycles. The second kappa shape index (κ2) is 11.3. The summed E-state index contributed by atoms with van der Waals surface area (Å²) in [4.78, 5) is 0. The minimum Gasteiger partial charge on any atom is -0.303 e. The fourth-order valence-corrected chi connectivity index (χ4v) is 7.51. The first-order valence-corrected chi connectivity index (χ1v) is 14.8. The summed E-state index contributed by atoms with van der Waals surface area (Å²) in [6, 6.07) is 10.1. The van der Waals surface area contributed by atoms with E-state index < -0.39 is 0 Å². The van der Waals surface area contributed by atoms with E-state index in [1.165, 1.54) is 75.3 Å². The van der Waals surface area contributed by atoms with Gasteiger partial charge in [0.1, 0.15) is 11.6 Å². The summed E-state index contributed by atoms with van der Waals surface area (Å²) in [6.07, 6.45) is 13.0. The van der Waals surface area contributed by atoms with Gasteiger partial charge in [0, 0.05) is 23.6 Å². The molecule has 6 nitrogen and oxygen atoms in total. The highest BCUT2D eigenvalue weighted by Crippen LogP contribution is 2.35. The van der Waals surface area contributed by atoms with Gasteiger partial charge in [-0.2, -0.15) is 0 Å². The fraction of sp³-hybridized carbons (Fsp3) is 0.615. The summed E-state index contributed by atoms with van der Waals surface area (Å²) in [5, 5.41) is 20.0. The van der Waals surface area contributed by atoms with Crippen LogP contribution in [0.1, 0.15) is 99.1 Å². The molecule has 0 atom stereocenters. The molecule has 1 aromatic carbocycles. The Hall–Kier alpha value is -1.80. The number of benzene rings is 1. The number of hydrogen-bond donors (Lipinski definition) is 0. The van der Waals surface area contributed by atoms with Gasteiger partial charge in [0.2, 0.25) is 0 Å². The minimum absolute atomic E-state index is 0.568. The molecule has 2 fully saturated rings. The average molecular weight is 497 g/mol. The third-order valence-electron chi connectivity index (χ3n) is 7.28. The van der Waals surface area contributed by atoms with Gasteiger partial charge in [-0.25, -0.2) is 0 Å². The van der Waals surface area contributed by atoms with Crippen LogP contribution in [0.15, 0.2) is 34.6 Å². The number of aromatic nitrogens is 6. The van der Waals surface area contributed by atoms with Crippen LogP contribution in [0.25, 0.3) is 0 Å². The molecule has 5 rings (SSSR count). The predicted octanol–water partition coefficient (Wildman–Crippen LogP) is 7.08. The van der Waals surface area contributed by atoms with Crippen molar-refractivity contribution in [2.24, 2.45) is 0 Å². The van der Waals surface area contributed by atoms with Crippen molar-refractivity contribution >= 4 is 23.5 Å². The quantitative estimate of drug-likeness (QED) is 0.311. The van der Waals surface area contributed by atoms with Gasteiger partial charge in [0.15, 0.2) is 10.3 Å². The van der Waals surface area contributed by atoms with Crippen LogP contribution in [-0.2, 0) is 11.5 Å². The van der Waals surface area contributed by atoms with E-state index in [9.17, 15) is 0 Å². The third-order valence-corrected chi connectivity index (χ3v) is 9.31. The number of aryl methyl sites for hydroxylation is 2. The van der Waals surface area contributed by atoms with Crippen LogP contribution in [0.3, 0.4) is 0 Å². The topological polar surface area (TPSA) is 61.4 Å². The molecule has 0 spiro atoms. The molecule has 2 aromatic heterocycles. The van der Waals surface area contributed by atoms with Crippen molar-refractivity contribution in [2.75, 3.05) is 0 Å². The highest BCUT2D eigenvalue weighted by Gasteiger charge is 2.22. The van der Waals surface area contributed by atoms with Crippen LogP contribution >= 0.6 is 23.5 Å². The van der Waals surface area contributed by atoms with Gasteiger partial charge in [0.25, 0.3) is 0 Å².